The van der Waals surface area contributed by atoms with Crippen LogP contribution in [0.5, 0.6) is 0 Å². The van der Waals surface area contributed by atoms with Gasteiger partial charge in [0.1, 0.15) is 0 Å². The molecule has 98 valence electrons. The van der Waals surface area contributed by atoms with E-state index in [-0.39, 0.29) is 12.0 Å². The van der Waals surface area contributed by atoms with E-state index in [0.717, 1.165) is 26.1 Å². The summed E-state index contributed by atoms with van der Waals surface area (Å²) in [4.78, 5) is 2.38. The molecule has 16 heavy (non-hydrogen) atoms. The second-order valence-corrected chi connectivity index (χ2v) is 4.98. The zero-order valence-electron chi connectivity index (χ0n) is 11.0. The maximum Gasteiger partial charge on any atom is 0.0698 e. The smallest absolute Gasteiger partial charge is 0.0698 e. The summed E-state index contributed by atoms with van der Waals surface area (Å²) in [7, 11) is 0. The third kappa shape index (κ3) is 8.05. The quantitative estimate of drug-likeness (QED) is 0.544. The van der Waals surface area contributed by atoms with Crippen LogP contribution in [0, 0.1) is 5.41 Å². The molecule has 0 aliphatic heterocycles. The van der Waals surface area contributed by atoms with E-state index in [2.05, 4.69) is 25.7 Å². The lowest BCUT2D eigenvalue weighted by Crippen LogP contribution is -2.40. The summed E-state index contributed by atoms with van der Waals surface area (Å²) in [6, 6.07) is 0. The average molecular weight is 232 g/mol. The van der Waals surface area contributed by atoms with Crippen LogP contribution in [0.4, 0.5) is 0 Å². The minimum Gasteiger partial charge on any atom is -0.394 e. The van der Waals surface area contributed by atoms with Crippen molar-refractivity contribution in [1.29, 1.82) is 0 Å². The minimum atomic E-state index is 0.0993. The molecule has 0 amide bonds. The molecule has 4 nitrogen and oxygen atoms in total. The molecule has 3 N–H and O–H groups in total. The van der Waals surface area contributed by atoms with E-state index >= 15 is 0 Å². The maximum absolute atomic E-state index is 8.60. The van der Waals surface area contributed by atoms with Crippen LogP contribution in [0.15, 0.2) is 0 Å². The molecule has 0 aromatic carbocycles. The number of ether oxygens (including phenoxy) is 1. The first-order valence-corrected chi connectivity index (χ1v) is 6.16. The fraction of sp³-hybridized carbons (Fsp3) is 1.00. The number of hydrogen-bond acceptors (Lipinski definition) is 4. The summed E-state index contributed by atoms with van der Waals surface area (Å²) in [6.07, 6.45) is 1.14. The average Bonchev–Trinajstić information content (AvgIpc) is 2.24. The normalized spacial score (nSPS) is 12.4. The van der Waals surface area contributed by atoms with E-state index in [9.17, 15) is 0 Å². The Balaban J connectivity index is 3.87. The van der Waals surface area contributed by atoms with Crippen molar-refractivity contribution in [3.05, 3.63) is 0 Å². The molecular formula is C12H28N2O2. The van der Waals surface area contributed by atoms with Gasteiger partial charge in [-0.3, -0.25) is 0 Å². The van der Waals surface area contributed by atoms with Gasteiger partial charge in [-0.15, -0.1) is 0 Å². The molecule has 0 saturated heterocycles. The topological polar surface area (TPSA) is 58.7 Å². The highest BCUT2D eigenvalue weighted by molar-refractivity contribution is 4.74. The Bertz CT molecular complexity index is 163. The molecule has 0 fully saturated rings. The molecule has 4 heteroatoms. The third-order valence-corrected chi connectivity index (χ3v) is 2.53. The molecule has 0 unspecified atom stereocenters. The van der Waals surface area contributed by atoms with Crippen LogP contribution in [0.3, 0.4) is 0 Å². The summed E-state index contributed by atoms with van der Waals surface area (Å²) < 4.78 is 5.28. The standard InChI is InChI=1S/C12H28N2O2/c1-4-5-14(6-8-16-9-7-15)11-12(2,3)10-13/h15H,4-11,13H2,1-3H3. The molecule has 0 rings (SSSR count). The highest BCUT2D eigenvalue weighted by Gasteiger charge is 2.19. The van der Waals surface area contributed by atoms with E-state index in [4.69, 9.17) is 15.6 Å². The second kappa shape index (κ2) is 8.93. The van der Waals surface area contributed by atoms with Crippen LogP contribution in [-0.4, -0.2) is 56.0 Å². The maximum atomic E-state index is 8.60. The molecule has 0 heterocycles. The van der Waals surface area contributed by atoms with E-state index in [1.165, 1.54) is 0 Å². The molecule has 0 aliphatic carbocycles. The largest absolute Gasteiger partial charge is 0.394 e. The van der Waals surface area contributed by atoms with Crippen molar-refractivity contribution in [3.8, 4) is 0 Å². The van der Waals surface area contributed by atoms with Gasteiger partial charge in [0.05, 0.1) is 19.8 Å². The van der Waals surface area contributed by atoms with Crippen molar-refractivity contribution in [2.45, 2.75) is 27.2 Å². The minimum absolute atomic E-state index is 0.0993. The van der Waals surface area contributed by atoms with Crippen molar-refractivity contribution in [2.24, 2.45) is 11.1 Å². The predicted molar refractivity (Wildman–Crippen MR) is 67.5 cm³/mol. The molecule has 0 aromatic heterocycles. The Morgan fingerprint density at radius 1 is 1.25 bits per heavy atom. The fourth-order valence-electron chi connectivity index (χ4n) is 1.62. The summed E-state index contributed by atoms with van der Waals surface area (Å²) in [5.74, 6) is 0. The van der Waals surface area contributed by atoms with Gasteiger partial charge in [-0.1, -0.05) is 20.8 Å². The highest BCUT2D eigenvalue weighted by Crippen LogP contribution is 2.14. The van der Waals surface area contributed by atoms with Crippen LogP contribution in [0.1, 0.15) is 27.2 Å². The fourth-order valence-corrected chi connectivity index (χ4v) is 1.62. The van der Waals surface area contributed by atoms with Gasteiger partial charge in [0.15, 0.2) is 0 Å². The molecule has 0 bridgehead atoms. The summed E-state index contributed by atoms with van der Waals surface area (Å²) in [6.45, 7) is 11.4. The van der Waals surface area contributed by atoms with Gasteiger partial charge in [0, 0.05) is 13.1 Å². The van der Waals surface area contributed by atoms with Crippen LogP contribution in [0.25, 0.3) is 0 Å². The van der Waals surface area contributed by atoms with Gasteiger partial charge in [0.2, 0.25) is 0 Å². The van der Waals surface area contributed by atoms with Crippen LogP contribution in [0.2, 0.25) is 0 Å². The molecule has 0 aromatic rings. The van der Waals surface area contributed by atoms with Gasteiger partial charge >= 0.3 is 0 Å². The lowest BCUT2D eigenvalue weighted by Gasteiger charge is -2.31. The molecule has 0 aliphatic rings. The van der Waals surface area contributed by atoms with E-state index in [0.29, 0.717) is 19.8 Å². The lowest BCUT2D eigenvalue weighted by molar-refractivity contribution is 0.0650. The Kier molecular flexibility index (Phi) is 8.84. The molecule has 0 spiro atoms. The first-order chi connectivity index (χ1) is 7.55. The van der Waals surface area contributed by atoms with Crippen molar-refractivity contribution in [3.63, 3.8) is 0 Å². The Hall–Kier alpha value is -0.160. The van der Waals surface area contributed by atoms with E-state index < -0.39 is 0 Å². The summed E-state index contributed by atoms with van der Waals surface area (Å²) in [5, 5.41) is 8.60. The number of nitrogens with zero attached hydrogens (tertiary/aromatic N) is 1. The van der Waals surface area contributed by atoms with Gasteiger partial charge in [-0.2, -0.15) is 0 Å². The predicted octanol–water partition coefficient (Wildman–Crippen LogP) is 0.692. The Morgan fingerprint density at radius 3 is 2.44 bits per heavy atom. The second-order valence-electron chi connectivity index (χ2n) is 4.98. The Labute approximate surface area is 99.8 Å². The summed E-state index contributed by atoms with van der Waals surface area (Å²) in [5.41, 5.74) is 5.90. The van der Waals surface area contributed by atoms with Crippen LogP contribution < -0.4 is 5.73 Å². The zero-order chi connectivity index (χ0) is 12.4. The number of hydrogen-bond donors (Lipinski definition) is 2. The molecular weight excluding hydrogens is 204 g/mol. The zero-order valence-corrected chi connectivity index (χ0v) is 11.0. The van der Waals surface area contributed by atoms with Gasteiger partial charge in [-0.05, 0) is 24.9 Å². The van der Waals surface area contributed by atoms with Gasteiger partial charge < -0.3 is 20.5 Å². The molecule has 0 radical (unpaired) electrons. The first kappa shape index (κ1) is 15.8. The lowest BCUT2D eigenvalue weighted by atomic mass is 9.93. The monoisotopic (exact) mass is 232 g/mol. The van der Waals surface area contributed by atoms with Gasteiger partial charge in [-0.25, -0.2) is 0 Å². The van der Waals surface area contributed by atoms with Crippen molar-refractivity contribution in [2.75, 3.05) is 46.0 Å². The number of nitrogens with two attached hydrogens (primary N) is 1. The SMILES string of the molecule is CCCN(CCOCCO)CC(C)(C)CN. The van der Waals surface area contributed by atoms with Crippen molar-refractivity contribution < 1.29 is 9.84 Å². The number of rotatable bonds is 10. The van der Waals surface area contributed by atoms with Crippen LogP contribution in [-0.2, 0) is 4.74 Å². The molecule has 0 saturated carbocycles. The number of aliphatic hydroxyl groups is 1. The summed E-state index contributed by atoms with van der Waals surface area (Å²) >= 11 is 0. The highest BCUT2D eigenvalue weighted by atomic mass is 16.5. The molecule has 0 atom stereocenters. The van der Waals surface area contributed by atoms with Crippen LogP contribution >= 0.6 is 0 Å². The third-order valence-electron chi connectivity index (χ3n) is 2.53. The van der Waals surface area contributed by atoms with Gasteiger partial charge in [0.25, 0.3) is 0 Å². The van der Waals surface area contributed by atoms with E-state index in [1.807, 2.05) is 0 Å². The first-order valence-electron chi connectivity index (χ1n) is 6.16. The number of aliphatic hydroxyl groups excluding tert-OH is 1. The van der Waals surface area contributed by atoms with Crippen molar-refractivity contribution in [1.82, 2.24) is 4.90 Å². The van der Waals surface area contributed by atoms with Crippen molar-refractivity contribution >= 4 is 0 Å². The van der Waals surface area contributed by atoms with E-state index in [1.54, 1.807) is 0 Å². The Morgan fingerprint density at radius 2 is 1.94 bits per heavy atom.